The van der Waals surface area contributed by atoms with Gasteiger partial charge < -0.3 is 0 Å². The maximum absolute atomic E-state index is 11.1. The molecule has 1 aromatic heterocycles. The number of para-hydroxylation sites is 1. The fraction of sp³-hybridized carbons (Fsp3) is 0.333. The van der Waals surface area contributed by atoms with E-state index >= 15 is 0 Å². The minimum absolute atomic E-state index is 0.154. The largest absolute Gasteiger partial charge is 0.300 e. The zero-order chi connectivity index (χ0) is 10.8. The van der Waals surface area contributed by atoms with Crippen LogP contribution in [0.25, 0.3) is 10.9 Å². The average molecular weight is 202 g/mol. The lowest BCUT2D eigenvalue weighted by Crippen LogP contribution is -2.00. The summed E-state index contributed by atoms with van der Waals surface area (Å²) in [7, 11) is 0. The van der Waals surface area contributed by atoms with Crippen LogP contribution in [0.3, 0.4) is 0 Å². The molecule has 0 aliphatic carbocycles. The fourth-order valence-electron chi connectivity index (χ4n) is 1.80. The van der Waals surface area contributed by atoms with E-state index in [-0.39, 0.29) is 5.78 Å². The molecule has 2 rings (SSSR count). The molecule has 0 saturated heterocycles. The van der Waals surface area contributed by atoms with Crippen molar-refractivity contribution in [1.29, 1.82) is 0 Å². The van der Waals surface area contributed by atoms with E-state index in [1.807, 2.05) is 28.9 Å². The first kappa shape index (κ1) is 9.90. The molecule has 0 aliphatic heterocycles. The number of aromatic nitrogens is 2. The Labute approximate surface area is 88.7 Å². The van der Waals surface area contributed by atoms with Crippen LogP contribution in [-0.2, 0) is 17.8 Å². The second-order valence-electron chi connectivity index (χ2n) is 3.66. The molecule has 0 spiro atoms. The van der Waals surface area contributed by atoms with Crippen molar-refractivity contribution in [3.63, 3.8) is 0 Å². The van der Waals surface area contributed by atoms with Crippen LogP contribution in [0.2, 0.25) is 0 Å². The third-order valence-corrected chi connectivity index (χ3v) is 2.45. The first-order valence-corrected chi connectivity index (χ1v) is 5.16. The fourth-order valence-corrected chi connectivity index (χ4v) is 1.80. The summed E-state index contributed by atoms with van der Waals surface area (Å²) in [6.45, 7) is 4.48. The number of aryl methyl sites for hydroxylation is 1. The molecule has 0 fully saturated rings. The van der Waals surface area contributed by atoms with Gasteiger partial charge in [-0.2, -0.15) is 5.10 Å². The highest BCUT2D eigenvalue weighted by Crippen LogP contribution is 2.18. The number of Topliss-reactive ketones (excluding diaryl/α,β-unsaturated/α-hetero) is 1. The number of fused-ring (bicyclic) bond motifs is 1. The molecule has 0 radical (unpaired) electrons. The van der Waals surface area contributed by atoms with Crippen LogP contribution in [0, 0.1) is 0 Å². The summed E-state index contributed by atoms with van der Waals surface area (Å²) in [4.78, 5) is 11.1. The summed E-state index contributed by atoms with van der Waals surface area (Å²) in [6.07, 6.45) is 0.424. The van der Waals surface area contributed by atoms with Gasteiger partial charge in [-0.25, -0.2) is 0 Å². The highest BCUT2D eigenvalue weighted by atomic mass is 16.1. The summed E-state index contributed by atoms with van der Waals surface area (Å²) >= 11 is 0. The van der Waals surface area contributed by atoms with Crippen molar-refractivity contribution in [2.24, 2.45) is 0 Å². The molecule has 0 amide bonds. The molecule has 0 bridgehead atoms. The standard InChI is InChI=1S/C12H14N2O/c1-3-14-12-7-5-4-6-10(12)11(13-14)8-9(2)15/h4-7H,3,8H2,1-2H3. The van der Waals surface area contributed by atoms with Crippen molar-refractivity contribution in [3.8, 4) is 0 Å². The number of benzene rings is 1. The molecule has 0 aliphatic rings. The van der Waals surface area contributed by atoms with Crippen molar-refractivity contribution in [2.45, 2.75) is 26.8 Å². The first-order chi connectivity index (χ1) is 7.22. The van der Waals surface area contributed by atoms with Crippen LogP contribution in [0.5, 0.6) is 0 Å². The number of nitrogens with zero attached hydrogens (tertiary/aromatic N) is 2. The summed E-state index contributed by atoms with van der Waals surface area (Å²) in [5, 5.41) is 5.54. The molecule has 1 aromatic carbocycles. The Morgan fingerprint density at radius 2 is 2.13 bits per heavy atom. The Bertz CT molecular complexity index is 499. The molecule has 78 valence electrons. The first-order valence-electron chi connectivity index (χ1n) is 5.16. The number of carbonyl (C=O) groups is 1. The van der Waals surface area contributed by atoms with Gasteiger partial charge in [0.15, 0.2) is 0 Å². The SMILES string of the molecule is CCn1nc(CC(C)=O)c2ccccc21. The Kier molecular flexibility index (Phi) is 2.54. The predicted molar refractivity (Wildman–Crippen MR) is 59.8 cm³/mol. The smallest absolute Gasteiger partial charge is 0.135 e. The van der Waals surface area contributed by atoms with Crippen LogP contribution in [0.15, 0.2) is 24.3 Å². The molecular formula is C12H14N2O. The lowest BCUT2D eigenvalue weighted by molar-refractivity contribution is -0.116. The van der Waals surface area contributed by atoms with Crippen molar-refractivity contribution < 1.29 is 4.79 Å². The van der Waals surface area contributed by atoms with Crippen molar-refractivity contribution >= 4 is 16.7 Å². The number of ketones is 1. The molecule has 0 saturated carbocycles. The zero-order valence-electron chi connectivity index (χ0n) is 9.03. The van der Waals surface area contributed by atoms with Gasteiger partial charge in [0.1, 0.15) is 5.78 Å². The number of carbonyl (C=O) groups excluding carboxylic acids is 1. The lowest BCUT2D eigenvalue weighted by atomic mass is 10.1. The van der Waals surface area contributed by atoms with Crippen molar-refractivity contribution in [2.75, 3.05) is 0 Å². The van der Waals surface area contributed by atoms with Gasteiger partial charge in [-0.05, 0) is 19.9 Å². The topological polar surface area (TPSA) is 34.9 Å². The number of rotatable bonds is 3. The second-order valence-corrected chi connectivity index (χ2v) is 3.66. The maximum atomic E-state index is 11.1. The van der Waals surface area contributed by atoms with Crippen LogP contribution < -0.4 is 0 Å². The molecule has 15 heavy (non-hydrogen) atoms. The lowest BCUT2D eigenvalue weighted by Gasteiger charge is -1.95. The molecule has 0 unspecified atom stereocenters. The van der Waals surface area contributed by atoms with E-state index in [2.05, 4.69) is 12.0 Å². The summed E-state index contributed by atoms with van der Waals surface area (Å²) in [5.41, 5.74) is 2.00. The second kappa shape index (κ2) is 3.85. The van der Waals surface area contributed by atoms with Gasteiger partial charge in [-0.15, -0.1) is 0 Å². The van der Waals surface area contributed by atoms with E-state index < -0.39 is 0 Å². The van der Waals surface area contributed by atoms with Crippen LogP contribution in [0.1, 0.15) is 19.5 Å². The molecule has 1 heterocycles. The normalized spacial score (nSPS) is 10.8. The van der Waals surface area contributed by atoms with Crippen molar-refractivity contribution in [3.05, 3.63) is 30.0 Å². The molecule has 3 nitrogen and oxygen atoms in total. The van der Waals surface area contributed by atoms with Crippen LogP contribution in [-0.4, -0.2) is 15.6 Å². The van der Waals surface area contributed by atoms with Crippen molar-refractivity contribution in [1.82, 2.24) is 9.78 Å². The number of hydrogen-bond acceptors (Lipinski definition) is 2. The van der Waals surface area contributed by atoms with Gasteiger partial charge in [0.05, 0.1) is 17.6 Å². The summed E-state index contributed by atoms with van der Waals surface area (Å²) in [5.74, 6) is 0.154. The van der Waals surface area contributed by atoms with E-state index in [1.54, 1.807) is 6.92 Å². The molecular weight excluding hydrogens is 188 g/mol. The Balaban J connectivity index is 2.59. The van der Waals surface area contributed by atoms with Gasteiger partial charge in [0, 0.05) is 11.9 Å². The molecule has 3 heteroatoms. The average Bonchev–Trinajstić information content (AvgIpc) is 2.56. The number of hydrogen-bond donors (Lipinski definition) is 0. The van der Waals surface area contributed by atoms with Gasteiger partial charge in [0.2, 0.25) is 0 Å². The summed E-state index contributed by atoms with van der Waals surface area (Å²) < 4.78 is 1.94. The van der Waals surface area contributed by atoms with E-state index in [4.69, 9.17) is 0 Å². The third kappa shape index (κ3) is 1.77. The molecule has 2 aromatic rings. The molecule has 0 N–H and O–H groups in total. The van der Waals surface area contributed by atoms with E-state index in [0.29, 0.717) is 6.42 Å². The highest BCUT2D eigenvalue weighted by molar-refractivity contribution is 5.87. The maximum Gasteiger partial charge on any atom is 0.135 e. The van der Waals surface area contributed by atoms with Gasteiger partial charge in [-0.3, -0.25) is 9.48 Å². The Morgan fingerprint density at radius 3 is 2.80 bits per heavy atom. The third-order valence-electron chi connectivity index (χ3n) is 2.45. The zero-order valence-corrected chi connectivity index (χ0v) is 9.03. The van der Waals surface area contributed by atoms with Gasteiger partial charge >= 0.3 is 0 Å². The Hall–Kier alpha value is -1.64. The monoisotopic (exact) mass is 202 g/mol. The highest BCUT2D eigenvalue weighted by Gasteiger charge is 2.09. The van der Waals surface area contributed by atoms with Gasteiger partial charge in [-0.1, -0.05) is 18.2 Å². The van der Waals surface area contributed by atoms with Crippen LogP contribution >= 0.6 is 0 Å². The minimum atomic E-state index is 0.154. The summed E-state index contributed by atoms with van der Waals surface area (Å²) in [6, 6.07) is 8.03. The van der Waals surface area contributed by atoms with E-state index in [1.165, 1.54) is 0 Å². The van der Waals surface area contributed by atoms with Crippen LogP contribution in [0.4, 0.5) is 0 Å². The van der Waals surface area contributed by atoms with E-state index in [0.717, 1.165) is 23.1 Å². The Morgan fingerprint density at radius 1 is 1.40 bits per heavy atom. The molecule has 0 atom stereocenters. The van der Waals surface area contributed by atoms with E-state index in [9.17, 15) is 4.79 Å². The van der Waals surface area contributed by atoms with Gasteiger partial charge in [0.25, 0.3) is 0 Å². The predicted octanol–water partition coefficient (Wildman–Crippen LogP) is 2.19. The quantitative estimate of drug-likeness (QED) is 0.764. The minimum Gasteiger partial charge on any atom is -0.300 e.